The fourth-order valence-corrected chi connectivity index (χ4v) is 4.80. The maximum atomic E-state index is 13.0. The Balaban J connectivity index is 1.72. The quantitative estimate of drug-likeness (QED) is 0.218. The van der Waals surface area contributed by atoms with E-state index >= 15 is 0 Å². The van der Waals surface area contributed by atoms with Crippen LogP contribution in [0.1, 0.15) is 18.9 Å². The van der Waals surface area contributed by atoms with E-state index in [0.717, 1.165) is 11.8 Å². The van der Waals surface area contributed by atoms with Gasteiger partial charge in [0.25, 0.3) is 17.1 Å². The van der Waals surface area contributed by atoms with E-state index in [0.29, 0.717) is 57.4 Å². The lowest BCUT2D eigenvalue weighted by Gasteiger charge is -2.15. The summed E-state index contributed by atoms with van der Waals surface area (Å²) in [5.74, 6) is -0.375. The molecule has 1 saturated heterocycles. The number of halogens is 2. The molecule has 1 aliphatic rings. The van der Waals surface area contributed by atoms with Gasteiger partial charge in [-0.2, -0.15) is 0 Å². The lowest BCUT2D eigenvalue weighted by Crippen LogP contribution is -2.29. The standard InChI is InChI=1S/C24H24FIN2O6S/c1-3-33-19-12-15(13-20-23(30)28(24(31)35-20)9-4-10-32-2)11-18(26)22(19)34-14-21(29)27-17-7-5-16(25)6-8-17/h5-8,11-13H,3-4,9-10,14H2,1-2H3,(H,27,29)/b20-13+. The number of hydrogen-bond acceptors (Lipinski definition) is 7. The van der Waals surface area contributed by atoms with Crippen molar-refractivity contribution in [1.29, 1.82) is 0 Å². The molecule has 0 radical (unpaired) electrons. The topological polar surface area (TPSA) is 94.2 Å². The van der Waals surface area contributed by atoms with Crippen LogP contribution in [0.15, 0.2) is 41.3 Å². The Morgan fingerprint density at radius 3 is 2.63 bits per heavy atom. The lowest BCUT2D eigenvalue weighted by atomic mass is 10.2. The first kappa shape index (κ1) is 27.0. The SMILES string of the molecule is CCOc1cc(/C=C2/SC(=O)N(CCCOC)C2=O)cc(I)c1OCC(=O)Nc1ccc(F)cc1. The largest absolute Gasteiger partial charge is 0.490 e. The summed E-state index contributed by atoms with van der Waals surface area (Å²) < 4.78 is 30.1. The van der Waals surface area contributed by atoms with E-state index in [1.54, 1.807) is 25.3 Å². The smallest absolute Gasteiger partial charge is 0.293 e. The van der Waals surface area contributed by atoms with Gasteiger partial charge in [0.1, 0.15) is 5.82 Å². The third kappa shape index (κ3) is 7.42. The molecule has 0 atom stereocenters. The van der Waals surface area contributed by atoms with Gasteiger partial charge in [-0.1, -0.05) is 0 Å². The van der Waals surface area contributed by atoms with Crippen LogP contribution in [-0.2, 0) is 14.3 Å². The van der Waals surface area contributed by atoms with Crippen LogP contribution in [0.25, 0.3) is 6.08 Å². The molecule has 2 aromatic rings. The predicted molar refractivity (Wildman–Crippen MR) is 140 cm³/mol. The Bertz CT molecular complexity index is 1130. The molecule has 2 aromatic carbocycles. The lowest BCUT2D eigenvalue weighted by molar-refractivity contribution is -0.123. The van der Waals surface area contributed by atoms with E-state index in [1.165, 1.54) is 29.2 Å². The normalized spacial score (nSPS) is 14.5. The summed E-state index contributed by atoms with van der Waals surface area (Å²) in [5.41, 5.74) is 1.11. The van der Waals surface area contributed by atoms with Crippen molar-refractivity contribution in [3.8, 4) is 11.5 Å². The monoisotopic (exact) mass is 614 g/mol. The number of hydrogen-bond donors (Lipinski definition) is 1. The first-order valence-corrected chi connectivity index (χ1v) is 12.6. The zero-order valence-electron chi connectivity index (χ0n) is 19.1. The van der Waals surface area contributed by atoms with Crippen molar-refractivity contribution < 1.29 is 33.0 Å². The molecule has 0 unspecified atom stereocenters. The number of carbonyl (C=O) groups is 3. The molecule has 11 heteroatoms. The molecule has 0 bridgehead atoms. The van der Waals surface area contributed by atoms with Gasteiger partial charge in [-0.15, -0.1) is 0 Å². The Kier molecular flexibility index (Phi) is 9.93. The van der Waals surface area contributed by atoms with Gasteiger partial charge >= 0.3 is 0 Å². The number of thioether (sulfide) groups is 1. The molecule has 0 spiro atoms. The summed E-state index contributed by atoms with van der Waals surface area (Å²) in [4.78, 5) is 38.7. The highest BCUT2D eigenvalue weighted by atomic mass is 127. The number of nitrogens with one attached hydrogen (secondary N) is 1. The number of amides is 3. The zero-order chi connectivity index (χ0) is 25.4. The Hall–Kier alpha value is -2.64. The molecular weight excluding hydrogens is 590 g/mol. The van der Waals surface area contributed by atoms with Crippen LogP contribution in [0.3, 0.4) is 0 Å². The average Bonchev–Trinajstić information content (AvgIpc) is 3.07. The minimum absolute atomic E-state index is 0.285. The second-order valence-electron chi connectivity index (χ2n) is 7.29. The van der Waals surface area contributed by atoms with Gasteiger partial charge in [0.2, 0.25) is 0 Å². The molecule has 0 aliphatic carbocycles. The molecule has 186 valence electrons. The van der Waals surface area contributed by atoms with Crippen LogP contribution >= 0.6 is 34.4 Å². The fourth-order valence-electron chi connectivity index (χ4n) is 3.15. The summed E-state index contributed by atoms with van der Waals surface area (Å²) in [6.45, 7) is 2.64. The van der Waals surface area contributed by atoms with Crippen LogP contribution in [0.4, 0.5) is 14.9 Å². The third-order valence-corrected chi connectivity index (χ3v) is 6.42. The molecule has 0 aromatic heterocycles. The van der Waals surface area contributed by atoms with Crippen LogP contribution in [0.2, 0.25) is 0 Å². The van der Waals surface area contributed by atoms with Crippen molar-refractivity contribution in [1.82, 2.24) is 4.90 Å². The number of benzene rings is 2. The Morgan fingerprint density at radius 2 is 1.94 bits per heavy atom. The molecule has 0 saturated carbocycles. The van der Waals surface area contributed by atoms with Crippen LogP contribution < -0.4 is 14.8 Å². The summed E-state index contributed by atoms with van der Waals surface area (Å²) in [6, 6.07) is 8.87. The van der Waals surface area contributed by atoms with Crippen molar-refractivity contribution in [2.24, 2.45) is 0 Å². The van der Waals surface area contributed by atoms with Gasteiger partial charge in [-0.25, -0.2) is 4.39 Å². The number of methoxy groups -OCH3 is 1. The number of imide groups is 1. The number of nitrogens with zero attached hydrogens (tertiary/aromatic N) is 1. The summed E-state index contributed by atoms with van der Waals surface area (Å²) in [6.07, 6.45) is 2.20. The fraction of sp³-hybridized carbons (Fsp3) is 0.292. The molecule has 8 nitrogen and oxygen atoms in total. The number of ether oxygens (including phenoxy) is 3. The molecule has 3 rings (SSSR count). The molecule has 1 N–H and O–H groups in total. The number of carbonyl (C=O) groups excluding carboxylic acids is 3. The van der Waals surface area contributed by atoms with Crippen LogP contribution in [0, 0.1) is 9.39 Å². The van der Waals surface area contributed by atoms with Crippen molar-refractivity contribution >= 4 is 63.2 Å². The first-order valence-electron chi connectivity index (χ1n) is 10.7. The maximum Gasteiger partial charge on any atom is 0.293 e. The van der Waals surface area contributed by atoms with E-state index in [-0.39, 0.29) is 17.8 Å². The molecule has 1 fully saturated rings. The minimum Gasteiger partial charge on any atom is -0.490 e. The molecule has 1 aliphatic heterocycles. The molecule has 35 heavy (non-hydrogen) atoms. The third-order valence-electron chi connectivity index (χ3n) is 4.71. The van der Waals surface area contributed by atoms with E-state index in [2.05, 4.69) is 27.9 Å². The van der Waals surface area contributed by atoms with E-state index in [4.69, 9.17) is 14.2 Å². The summed E-state index contributed by atoms with van der Waals surface area (Å²) in [5, 5.41) is 2.32. The number of anilines is 1. The molecular formula is C24H24FIN2O6S. The Labute approximate surface area is 220 Å². The summed E-state index contributed by atoms with van der Waals surface area (Å²) >= 11 is 2.94. The van der Waals surface area contributed by atoms with Crippen molar-refractivity contribution in [2.45, 2.75) is 13.3 Å². The van der Waals surface area contributed by atoms with Gasteiger partial charge < -0.3 is 19.5 Å². The van der Waals surface area contributed by atoms with E-state index < -0.39 is 11.7 Å². The van der Waals surface area contributed by atoms with Crippen LogP contribution in [-0.4, -0.2) is 55.4 Å². The highest BCUT2D eigenvalue weighted by Gasteiger charge is 2.34. The second kappa shape index (κ2) is 12.9. The Morgan fingerprint density at radius 1 is 1.20 bits per heavy atom. The van der Waals surface area contributed by atoms with Gasteiger partial charge in [0.05, 0.1) is 15.1 Å². The van der Waals surface area contributed by atoms with Gasteiger partial charge in [0, 0.05) is 25.9 Å². The van der Waals surface area contributed by atoms with Crippen molar-refractivity contribution in [3.05, 3.63) is 56.3 Å². The maximum absolute atomic E-state index is 13.0. The molecule has 3 amide bonds. The molecule has 1 heterocycles. The first-order chi connectivity index (χ1) is 16.8. The minimum atomic E-state index is -0.416. The van der Waals surface area contributed by atoms with Crippen molar-refractivity contribution in [2.75, 3.05) is 38.8 Å². The number of rotatable bonds is 11. The summed E-state index contributed by atoms with van der Waals surface area (Å²) in [7, 11) is 1.57. The van der Waals surface area contributed by atoms with Crippen LogP contribution in [0.5, 0.6) is 11.5 Å². The van der Waals surface area contributed by atoms with Crippen molar-refractivity contribution in [3.63, 3.8) is 0 Å². The van der Waals surface area contributed by atoms with E-state index in [9.17, 15) is 18.8 Å². The predicted octanol–water partition coefficient (Wildman–Crippen LogP) is 4.92. The van der Waals surface area contributed by atoms with Gasteiger partial charge in [0.15, 0.2) is 18.1 Å². The highest BCUT2D eigenvalue weighted by molar-refractivity contribution is 14.1. The second-order valence-corrected chi connectivity index (χ2v) is 9.44. The average molecular weight is 614 g/mol. The van der Waals surface area contributed by atoms with E-state index in [1.807, 2.05) is 6.92 Å². The van der Waals surface area contributed by atoms with Gasteiger partial charge in [-0.05, 0) is 95.7 Å². The zero-order valence-corrected chi connectivity index (χ0v) is 22.1. The highest BCUT2D eigenvalue weighted by Crippen LogP contribution is 2.37. The van der Waals surface area contributed by atoms with Gasteiger partial charge in [-0.3, -0.25) is 19.3 Å².